The molecule has 2 rings (SSSR count). The van der Waals surface area contributed by atoms with Gasteiger partial charge < -0.3 is 14.5 Å². The SMILES string of the molecule is CCOc1ccc(Cc2c(C)[nH]c(=S)[nH]c2=O)c(OCC)c1. The van der Waals surface area contributed by atoms with Gasteiger partial charge in [-0.25, -0.2) is 0 Å². The number of aromatic amines is 2. The Bertz CT molecular complexity index is 765. The Labute approximate surface area is 134 Å². The molecule has 0 spiro atoms. The smallest absolute Gasteiger partial charge is 0.255 e. The van der Waals surface area contributed by atoms with Gasteiger partial charge in [-0.15, -0.1) is 0 Å². The molecule has 118 valence electrons. The summed E-state index contributed by atoms with van der Waals surface area (Å²) in [6.07, 6.45) is 0.467. The van der Waals surface area contributed by atoms with Crippen molar-refractivity contribution in [2.45, 2.75) is 27.2 Å². The van der Waals surface area contributed by atoms with Crippen molar-refractivity contribution in [3.63, 3.8) is 0 Å². The Morgan fingerprint density at radius 3 is 2.50 bits per heavy atom. The number of aromatic nitrogens is 2. The number of benzene rings is 1. The van der Waals surface area contributed by atoms with Gasteiger partial charge in [0.2, 0.25) is 0 Å². The molecule has 2 N–H and O–H groups in total. The highest BCUT2D eigenvalue weighted by atomic mass is 32.1. The van der Waals surface area contributed by atoms with Crippen LogP contribution in [-0.2, 0) is 6.42 Å². The molecule has 1 aromatic heterocycles. The van der Waals surface area contributed by atoms with E-state index in [4.69, 9.17) is 21.7 Å². The van der Waals surface area contributed by atoms with Crippen LogP contribution in [0.4, 0.5) is 0 Å². The Morgan fingerprint density at radius 1 is 1.14 bits per heavy atom. The van der Waals surface area contributed by atoms with Gasteiger partial charge in [0.25, 0.3) is 5.56 Å². The summed E-state index contributed by atoms with van der Waals surface area (Å²) in [5.41, 5.74) is 2.19. The lowest BCUT2D eigenvalue weighted by Gasteiger charge is -2.13. The van der Waals surface area contributed by atoms with E-state index in [9.17, 15) is 4.79 Å². The molecule has 6 heteroatoms. The second kappa shape index (κ2) is 7.26. The molecule has 0 aliphatic heterocycles. The van der Waals surface area contributed by atoms with E-state index in [2.05, 4.69) is 9.97 Å². The third-order valence-corrected chi connectivity index (χ3v) is 3.48. The van der Waals surface area contributed by atoms with Crippen molar-refractivity contribution in [1.29, 1.82) is 0 Å². The van der Waals surface area contributed by atoms with E-state index >= 15 is 0 Å². The van der Waals surface area contributed by atoms with Crippen molar-refractivity contribution in [1.82, 2.24) is 9.97 Å². The first-order valence-corrected chi connectivity index (χ1v) is 7.66. The summed E-state index contributed by atoms with van der Waals surface area (Å²) in [5, 5.41) is 0. The van der Waals surface area contributed by atoms with Crippen LogP contribution in [0, 0.1) is 11.7 Å². The standard InChI is InChI=1S/C16H20N2O3S/c1-4-20-12-7-6-11(14(9-12)21-5-2)8-13-10(3)17-16(22)18-15(13)19/h6-7,9H,4-5,8H2,1-3H3,(H2,17,18,19,22). The van der Waals surface area contributed by atoms with Crippen LogP contribution >= 0.6 is 12.2 Å². The predicted molar refractivity (Wildman–Crippen MR) is 88.6 cm³/mol. The van der Waals surface area contributed by atoms with Crippen molar-refractivity contribution < 1.29 is 9.47 Å². The number of nitrogens with one attached hydrogen (secondary N) is 2. The van der Waals surface area contributed by atoms with E-state index < -0.39 is 0 Å². The van der Waals surface area contributed by atoms with Gasteiger partial charge >= 0.3 is 0 Å². The van der Waals surface area contributed by atoms with Gasteiger partial charge in [0.15, 0.2) is 4.77 Å². The Morgan fingerprint density at radius 2 is 1.86 bits per heavy atom. The number of hydrogen-bond acceptors (Lipinski definition) is 4. The fourth-order valence-electron chi connectivity index (χ4n) is 2.26. The summed E-state index contributed by atoms with van der Waals surface area (Å²) in [4.78, 5) is 17.7. The molecule has 22 heavy (non-hydrogen) atoms. The van der Waals surface area contributed by atoms with Crippen LogP contribution in [0.3, 0.4) is 0 Å². The molecule has 5 nitrogen and oxygen atoms in total. The molecule has 2 aromatic rings. The number of hydrogen-bond donors (Lipinski definition) is 2. The Balaban J connectivity index is 2.40. The highest BCUT2D eigenvalue weighted by Crippen LogP contribution is 2.27. The first kappa shape index (κ1) is 16.3. The molecule has 0 radical (unpaired) electrons. The molecule has 0 atom stereocenters. The Hall–Kier alpha value is -2.08. The first-order valence-electron chi connectivity index (χ1n) is 7.25. The molecule has 0 amide bonds. The van der Waals surface area contributed by atoms with Gasteiger partial charge in [0.1, 0.15) is 11.5 Å². The van der Waals surface area contributed by atoms with Gasteiger partial charge in [-0.2, -0.15) is 0 Å². The molecule has 0 saturated heterocycles. The summed E-state index contributed by atoms with van der Waals surface area (Å²) in [6.45, 7) is 6.85. The fraction of sp³-hybridized carbons (Fsp3) is 0.375. The van der Waals surface area contributed by atoms with Crippen LogP contribution in [-0.4, -0.2) is 23.2 Å². The average Bonchev–Trinajstić information content (AvgIpc) is 2.45. The fourth-order valence-corrected chi connectivity index (χ4v) is 2.50. The minimum absolute atomic E-state index is 0.169. The second-order valence-electron chi connectivity index (χ2n) is 4.82. The first-order chi connectivity index (χ1) is 10.5. The van der Waals surface area contributed by atoms with Gasteiger partial charge in [0, 0.05) is 23.7 Å². The maximum Gasteiger partial charge on any atom is 0.255 e. The molecule has 0 aliphatic carbocycles. The van der Waals surface area contributed by atoms with Crippen LogP contribution in [0.1, 0.15) is 30.7 Å². The van der Waals surface area contributed by atoms with E-state index in [-0.39, 0.29) is 5.56 Å². The number of ether oxygens (including phenoxy) is 2. The minimum Gasteiger partial charge on any atom is -0.494 e. The van der Waals surface area contributed by atoms with Crippen LogP contribution < -0.4 is 15.0 Å². The molecule has 0 saturated carbocycles. The van der Waals surface area contributed by atoms with E-state index in [0.717, 1.165) is 22.8 Å². The highest BCUT2D eigenvalue weighted by molar-refractivity contribution is 7.71. The summed E-state index contributed by atoms with van der Waals surface area (Å²) >= 11 is 4.97. The van der Waals surface area contributed by atoms with Crippen molar-refractivity contribution in [2.75, 3.05) is 13.2 Å². The Kier molecular flexibility index (Phi) is 5.38. The van der Waals surface area contributed by atoms with Crippen LogP contribution in [0.25, 0.3) is 0 Å². The highest BCUT2D eigenvalue weighted by Gasteiger charge is 2.11. The molecule has 0 unspecified atom stereocenters. The lowest BCUT2D eigenvalue weighted by Crippen LogP contribution is -2.17. The largest absolute Gasteiger partial charge is 0.494 e. The van der Waals surface area contributed by atoms with E-state index in [1.54, 1.807) is 0 Å². The van der Waals surface area contributed by atoms with E-state index in [0.29, 0.717) is 30.0 Å². The van der Waals surface area contributed by atoms with Crippen LogP contribution in [0.2, 0.25) is 0 Å². The molecule has 0 bridgehead atoms. The third kappa shape index (κ3) is 3.76. The third-order valence-electron chi connectivity index (χ3n) is 3.27. The summed E-state index contributed by atoms with van der Waals surface area (Å²) in [5.74, 6) is 1.49. The molecular formula is C16H20N2O3S. The monoisotopic (exact) mass is 320 g/mol. The van der Waals surface area contributed by atoms with Crippen molar-refractivity contribution in [2.24, 2.45) is 0 Å². The van der Waals surface area contributed by atoms with Crippen molar-refractivity contribution >= 4 is 12.2 Å². The molecule has 0 aliphatic rings. The summed E-state index contributed by atoms with van der Waals surface area (Å²) in [7, 11) is 0. The summed E-state index contributed by atoms with van der Waals surface area (Å²) < 4.78 is 11.5. The van der Waals surface area contributed by atoms with E-state index in [1.165, 1.54) is 0 Å². The minimum atomic E-state index is -0.169. The molecule has 1 heterocycles. The molecule has 0 fully saturated rings. The topological polar surface area (TPSA) is 67.1 Å². The normalized spacial score (nSPS) is 10.5. The predicted octanol–water partition coefficient (Wildman–Crippen LogP) is 3.13. The van der Waals surface area contributed by atoms with Gasteiger partial charge in [-0.05, 0) is 44.6 Å². The summed E-state index contributed by atoms with van der Waals surface area (Å²) in [6, 6.07) is 5.67. The second-order valence-corrected chi connectivity index (χ2v) is 5.23. The van der Waals surface area contributed by atoms with Gasteiger partial charge in [-0.1, -0.05) is 6.07 Å². The van der Waals surface area contributed by atoms with E-state index in [1.807, 2.05) is 39.0 Å². The molecular weight excluding hydrogens is 300 g/mol. The number of H-pyrrole nitrogens is 2. The lowest BCUT2D eigenvalue weighted by atomic mass is 10.0. The quantitative estimate of drug-likeness (QED) is 0.803. The average molecular weight is 320 g/mol. The maximum atomic E-state index is 12.1. The zero-order chi connectivity index (χ0) is 16.1. The van der Waals surface area contributed by atoms with Crippen LogP contribution in [0.15, 0.2) is 23.0 Å². The number of rotatable bonds is 6. The van der Waals surface area contributed by atoms with Gasteiger partial charge in [0.05, 0.1) is 13.2 Å². The van der Waals surface area contributed by atoms with Crippen LogP contribution in [0.5, 0.6) is 11.5 Å². The number of aryl methyl sites for hydroxylation is 1. The lowest BCUT2D eigenvalue weighted by molar-refractivity contribution is 0.321. The van der Waals surface area contributed by atoms with Gasteiger partial charge in [-0.3, -0.25) is 9.78 Å². The van der Waals surface area contributed by atoms with Crippen molar-refractivity contribution in [3.05, 3.63) is 50.1 Å². The molecule has 1 aromatic carbocycles. The van der Waals surface area contributed by atoms with Crippen molar-refractivity contribution in [3.8, 4) is 11.5 Å². The zero-order valence-corrected chi connectivity index (χ0v) is 13.8. The maximum absolute atomic E-state index is 12.1. The zero-order valence-electron chi connectivity index (χ0n) is 13.0.